The molecule has 71 heavy (non-hydrogen) atoms. The van der Waals surface area contributed by atoms with E-state index in [4.69, 9.17) is 0 Å². The van der Waals surface area contributed by atoms with E-state index in [1.54, 1.807) is 0 Å². The molecule has 10 aromatic carbocycles. The zero-order valence-corrected chi connectivity index (χ0v) is 39.6. The first kappa shape index (κ1) is 42.4. The average Bonchev–Trinajstić information content (AvgIpc) is 3.96. The van der Waals surface area contributed by atoms with Crippen molar-refractivity contribution in [3.8, 4) is 39.1 Å². The van der Waals surface area contributed by atoms with Gasteiger partial charge in [0.1, 0.15) is 0 Å². The quantitative estimate of drug-likeness (QED) is 0.126. The Balaban J connectivity index is 1.02. The zero-order valence-electron chi connectivity index (χ0n) is 39.6. The largest absolute Gasteiger partial charge is 0.310 e. The number of aromatic nitrogens is 1. The predicted molar refractivity (Wildman–Crippen MR) is 299 cm³/mol. The second-order valence-corrected chi connectivity index (χ2v) is 19.1. The minimum atomic E-state index is 0.141. The van der Waals surface area contributed by atoms with Crippen LogP contribution in [0.2, 0.25) is 0 Å². The molecule has 1 heterocycles. The number of hydrogen-bond acceptors (Lipinski definition) is 1. The van der Waals surface area contributed by atoms with Crippen molar-refractivity contribution in [2.24, 2.45) is 0 Å². The third-order valence-corrected chi connectivity index (χ3v) is 14.9. The van der Waals surface area contributed by atoms with Crippen LogP contribution < -0.4 is 4.90 Å². The Labute approximate surface area is 416 Å². The van der Waals surface area contributed by atoms with E-state index in [0.717, 1.165) is 42.0 Å². The maximum Gasteiger partial charge on any atom is 0.0547 e. The summed E-state index contributed by atoms with van der Waals surface area (Å²) in [6.07, 6.45) is 10.2. The van der Waals surface area contributed by atoms with Gasteiger partial charge in [-0.25, -0.2) is 0 Å². The number of hydrogen-bond donors (Lipinski definition) is 0. The fourth-order valence-electron chi connectivity index (χ4n) is 11.5. The SMILES string of the molecule is C1=CC(C(Cc2ccccc2)c2cc(-c3ccc4c5ccccc5n(-c5ccc(-c6ccccc6)cc5)c4c3)cc(N(c3ccccc3)c3ccc4c(c3)-c3ccccc3C4c3ccccc3)c2)=CCC1. The lowest BCUT2D eigenvalue weighted by atomic mass is 9.82. The van der Waals surface area contributed by atoms with Gasteiger partial charge in [0.2, 0.25) is 0 Å². The first-order valence-corrected chi connectivity index (χ1v) is 25.1. The minimum absolute atomic E-state index is 0.141. The topological polar surface area (TPSA) is 8.17 Å². The molecule has 0 spiro atoms. The van der Waals surface area contributed by atoms with Crippen molar-refractivity contribution in [3.63, 3.8) is 0 Å². The van der Waals surface area contributed by atoms with Crippen LogP contribution in [-0.2, 0) is 6.42 Å². The van der Waals surface area contributed by atoms with Crippen LogP contribution in [0, 0.1) is 0 Å². The number of fused-ring (bicyclic) bond motifs is 6. The molecule has 0 amide bonds. The molecule has 2 unspecified atom stereocenters. The fraction of sp³-hybridized carbons (Fsp3) is 0.0725. The van der Waals surface area contributed by atoms with Gasteiger partial charge < -0.3 is 9.47 Å². The Morgan fingerprint density at radius 1 is 0.437 bits per heavy atom. The highest BCUT2D eigenvalue weighted by Gasteiger charge is 2.31. The molecule has 13 rings (SSSR count). The monoisotopic (exact) mass is 908 g/mol. The molecular weight excluding hydrogens is 857 g/mol. The highest BCUT2D eigenvalue weighted by molar-refractivity contribution is 6.10. The molecule has 2 nitrogen and oxygen atoms in total. The van der Waals surface area contributed by atoms with Crippen LogP contribution in [0.3, 0.4) is 0 Å². The smallest absolute Gasteiger partial charge is 0.0547 e. The van der Waals surface area contributed by atoms with E-state index in [2.05, 4.69) is 276 Å². The number of para-hydroxylation sites is 2. The summed E-state index contributed by atoms with van der Waals surface area (Å²) < 4.78 is 2.45. The van der Waals surface area contributed by atoms with Crippen LogP contribution in [0.5, 0.6) is 0 Å². The summed E-state index contributed by atoms with van der Waals surface area (Å²) in [4.78, 5) is 2.49. The van der Waals surface area contributed by atoms with Crippen LogP contribution in [0.4, 0.5) is 17.1 Å². The van der Waals surface area contributed by atoms with Crippen molar-refractivity contribution in [2.45, 2.75) is 31.1 Å². The van der Waals surface area contributed by atoms with Crippen molar-refractivity contribution in [2.75, 3.05) is 4.90 Å². The van der Waals surface area contributed by atoms with Crippen LogP contribution in [0.15, 0.2) is 273 Å². The molecule has 0 saturated heterocycles. The Bertz CT molecular complexity index is 3770. The standard InChI is InChI=1S/C69H52N2/c1-6-20-48(21-7-1)42-65(51-24-10-3-11-25-51)55-43-54(53-36-40-62-61-31-18-19-33-67(61)71(68(62)46-53)57-37-34-50(35-38-57)49-22-8-2-9-23-49)44-59(45-55)70(56-28-14-5-15-29-56)58-39-41-64-66(47-58)60-30-16-17-32-63(60)69(64)52-26-12-4-13-27-52/h1-2,4-10,12-41,43-47,65,69H,3,11,42H2. The number of nitrogens with zero attached hydrogens (tertiary/aromatic N) is 2. The van der Waals surface area contributed by atoms with Gasteiger partial charge in [-0.2, -0.15) is 0 Å². The molecule has 0 fully saturated rings. The normalized spacial score (nSPS) is 14.3. The van der Waals surface area contributed by atoms with E-state index in [1.807, 2.05) is 0 Å². The molecule has 2 heteroatoms. The predicted octanol–water partition coefficient (Wildman–Crippen LogP) is 18.4. The van der Waals surface area contributed by atoms with E-state index >= 15 is 0 Å². The molecule has 2 atom stereocenters. The summed E-state index contributed by atoms with van der Waals surface area (Å²) >= 11 is 0. The third kappa shape index (κ3) is 7.88. The van der Waals surface area contributed by atoms with Gasteiger partial charge in [0.05, 0.1) is 11.0 Å². The summed E-state index contributed by atoms with van der Waals surface area (Å²) in [6, 6.07) is 92.2. The van der Waals surface area contributed by atoms with E-state index in [1.165, 1.54) is 88.6 Å². The van der Waals surface area contributed by atoms with E-state index in [-0.39, 0.29) is 11.8 Å². The maximum absolute atomic E-state index is 2.49. The minimum Gasteiger partial charge on any atom is -0.310 e. The van der Waals surface area contributed by atoms with Crippen molar-refractivity contribution in [1.82, 2.24) is 4.57 Å². The molecular formula is C69H52N2. The Kier molecular flexibility index (Phi) is 10.9. The van der Waals surface area contributed by atoms with Crippen molar-refractivity contribution >= 4 is 38.9 Å². The summed E-state index contributed by atoms with van der Waals surface area (Å²) in [5.41, 5.74) is 22.3. The maximum atomic E-state index is 2.49. The lowest BCUT2D eigenvalue weighted by molar-refractivity contribution is 0.788. The van der Waals surface area contributed by atoms with Gasteiger partial charge in [-0.3, -0.25) is 0 Å². The van der Waals surface area contributed by atoms with Gasteiger partial charge in [0.25, 0.3) is 0 Å². The van der Waals surface area contributed by atoms with Gasteiger partial charge in [0, 0.05) is 45.4 Å². The molecule has 0 bridgehead atoms. The summed E-state index contributed by atoms with van der Waals surface area (Å²) in [5.74, 6) is 0.321. The van der Waals surface area contributed by atoms with Gasteiger partial charge >= 0.3 is 0 Å². The molecule has 11 aromatic rings. The Morgan fingerprint density at radius 2 is 1.10 bits per heavy atom. The van der Waals surface area contributed by atoms with Crippen LogP contribution in [0.25, 0.3) is 60.9 Å². The summed E-state index contributed by atoms with van der Waals surface area (Å²) in [7, 11) is 0. The molecule has 0 aliphatic heterocycles. The second-order valence-electron chi connectivity index (χ2n) is 19.1. The number of allylic oxidation sites excluding steroid dienone is 4. The van der Waals surface area contributed by atoms with Gasteiger partial charge in [-0.15, -0.1) is 0 Å². The highest BCUT2D eigenvalue weighted by Crippen LogP contribution is 2.51. The number of benzene rings is 10. The zero-order chi connectivity index (χ0) is 47.1. The molecule has 2 aliphatic rings. The van der Waals surface area contributed by atoms with E-state index in [0.29, 0.717) is 0 Å². The molecule has 0 saturated carbocycles. The number of rotatable bonds is 11. The summed E-state index contributed by atoms with van der Waals surface area (Å²) in [6.45, 7) is 0. The third-order valence-electron chi connectivity index (χ3n) is 14.9. The molecule has 338 valence electrons. The van der Waals surface area contributed by atoms with Gasteiger partial charge in [0.15, 0.2) is 0 Å². The average molecular weight is 909 g/mol. The van der Waals surface area contributed by atoms with Crippen LogP contribution in [0.1, 0.15) is 52.5 Å². The molecule has 1 aromatic heterocycles. The van der Waals surface area contributed by atoms with Crippen molar-refractivity contribution < 1.29 is 0 Å². The van der Waals surface area contributed by atoms with Crippen molar-refractivity contribution in [1.29, 1.82) is 0 Å². The van der Waals surface area contributed by atoms with E-state index < -0.39 is 0 Å². The lowest BCUT2D eigenvalue weighted by Gasteiger charge is -2.29. The molecule has 2 aliphatic carbocycles. The lowest BCUT2D eigenvalue weighted by Crippen LogP contribution is -2.13. The first-order valence-electron chi connectivity index (χ1n) is 25.1. The first-order chi connectivity index (χ1) is 35.2. The fourth-order valence-corrected chi connectivity index (χ4v) is 11.5. The molecule has 0 radical (unpaired) electrons. The Hall–Kier alpha value is -8.72. The number of anilines is 3. The van der Waals surface area contributed by atoms with Crippen LogP contribution >= 0.6 is 0 Å². The van der Waals surface area contributed by atoms with Crippen molar-refractivity contribution in [3.05, 3.63) is 300 Å². The van der Waals surface area contributed by atoms with Gasteiger partial charge in [-0.05, 0) is 147 Å². The highest BCUT2D eigenvalue weighted by atomic mass is 15.1. The summed E-state index contributed by atoms with van der Waals surface area (Å²) in [5, 5.41) is 2.49. The van der Waals surface area contributed by atoms with Gasteiger partial charge in [-0.1, -0.05) is 206 Å². The Morgan fingerprint density at radius 3 is 1.89 bits per heavy atom. The second kappa shape index (κ2) is 18.3. The molecule has 0 N–H and O–H groups in total. The van der Waals surface area contributed by atoms with E-state index in [9.17, 15) is 0 Å². The van der Waals surface area contributed by atoms with Crippen LogP contribution in [-0.4, -0.2) is 4.57 Å².